The number of hydrogen-bond acceptors (Lipinski definition) is 3. The summed E-state index contributed by atoms with van der Waals surface area (Å²) in [7, 11) is 0. The molecule has 1 N–H and O–H groups in total. The molecule has 20 heavy (non-hydrogen) atoms. The zero-order valence-corrected chi connectivity index (χ0v) is 11.1. The van der Waals surface area contributed by atoms with Crippen LogP contribution in [0.15, 0.2) is 48.5 Å². The standard InChI is InChI=1S/C14H11ClN2O3/c15-12-5-3-11(4-6-12)14(18)16-9-10-1-7-13(8-2-10)17(19)20/h1-8H,9H2,(H,16,18). The van der Waals surface area contributed by atoms with E-state index in [0.29, 0.717) is 17.1 Å². The van der Waals surface area contributed by atoms with Gasteiger partial charge in [0.15, 0.2) is 0 Å². The number of nitrogens with one attached hydrogen (secondary N) is 1. The van der Waals surface area contributed by atoms with Gasteiger partial charge in [-0.05, 0) is 29.8 Å². The fraction of sp³-hybridized carbons (Fsp3) is 0.0714. The Labute approximate surface area is 120 Å². The molecule has 0 bridgehead atoms. The van der Waals surface area contributed by atoms with E-state index in [9.17, 15) is 14.9 Å². The van der Waals surface area contributed by atoms with Crippen LogP contribution in [0.25, 0.3) is 0 Å². The zero-order valence-electron chi connectivity index (χ0n) is 10.4. The van der Waals surface area contributed by atoms with Gasteiger partial charge in [0.2, 0.25) is 0 Å². The number of non-ortho nitro benzene ring substituents is 1. The van der Waals surface area contributed by atoms with E-state index in [-0.39, 0.29) is 11.6 Å². The van der Waals surface area contributed by atoms with Crippen molar-refractivity contribution in [3.8, 4) is 0 Å². The lowest BCUT2D eigenvalue weighted by atomic mass is 10.2. The molecule has 0 saturated carbocycles. The first-order valence-corrected chi connectivity index (χ1v) is 6.21. The predicted molar refractivity (Wildman–Crippen MR) is 75.7 cm³/mol. The molecule has 2 aromatic carbocycles. The summed E-state index contributed by atoms with van der Waals surface area (Å²) in [5.74, 6) is -0.222. The summed E-state index contributed by atoms with van der Waals surface area (Å²) in [4.78, 5) is 21.9. The lowest BCUT2D eigenvalue weighted by Gasteiger charge is -2.05. The van der Waals surface area contributed by atoms with Crippen LogP contribution in [0.5, 0.6) is 0 Å². The Morgan fingerprint density at radius 3 is 2.25 bits per heavy atom. The first-order valence-electron chi connectivity index (χ1n) is 5.83. The normalized spacial score (nSPS) is 10.1. The molecule has 2 rings (SSSR count). The topological polar surface area (TPSA) is 72.2 Å². The van der Waals surface area contributed by atoms with Crippen LogP contribution in [0.3, 0.4) is 0 Å². The van der Waals surface area contributed by atoms with Gasteiger partial charge in [-0.2, -0.15) is 0 Å². The molecule has 102 valence electrons. The van der Waals surface area contributed by atoms with Crippen LogP contribution in [-0.4, -0.2) is 10.8 Å². The summed E-state index contributed by atoms with van der Waals surface area (Å²) in [6.07, 6.45) is 0. The van der Waals surface area contributed by atoms with E-state index in [1.54, 1.807) is 36.4 Å². The average molecular weight is 291 g/mol. The molecule has 0 aliphatic rings. The monoisotopic (exact) mass is 290 g/mol. The number of hydrogen-bond donors (Lipinski definition) is 1. The molecule has 6 heteroatoms. The van der Waals surface area contributed by atoms with E-state index in [1.165, 1.54) is 12.1 Å². The molecule has 0 radical (unpaired) electrons. The van der Waals surface area contributed by atoms with Crippen molar-refractivity contribution in [2.75, 3.05) is 0 Å². The summed E-state index contributed by atoms with van der Waals surface area (Å²) >= 11 is 5.74. The second-order valence-electron chi connectivity index (χ2n) is 4.11. The number of nitro benzene ring substituents is 1. The van der Waals surface area contributed by atoms with E-state index in [4.69, 9.17) is 11.6 Å². The smallest absolute Gasteiger partial charge is 0.269 e. The van der Waals surface area contributed by atoms with E-state index in [2.05, 4.69) is 5.32 Å². The van der Waals surface area contributed by atoms with Gasteiger partial charge in [0.1, 0.15) is 0 Å². The molecule has 0 fully saturated rings. The molecule has 1 amide bonds. The van der Waals surface area contributed by atoms with Gasteiger partial charge >= 0.3 is 0 Å². The number of benzene rings is 2. The van der Waals surface area contributed by atoms with Crippen molar-refractivity contribution in [2.24, 2.45) is 0 Å². The fourth-order valence-corrected chi connectivity index (χ4v) is 1.75. The second kappa shape index (κ2) is 6.16. The molecule has 0 heterocycles. The molecule has 5 nitrogen and oxygen atoms in total. The average Bonchev–Trinajstić information content (AvgIpc) is 2.46. The van der Waals surface area contributed by atoms with Gasteiger partial charge in [-0.3, -0.25) is 14.9 Å². The molecule has 0 spiro atoms. The SMILES string of the molecule is O=C(NCc1ccc([N+](=O)[O-])cc1)c1ccc(Cl)cc1. The van der Waals surface area contributed by atoms with E-state index < -0.39 is 4.92 Å². The molecule has 0 aromatic heterocycles. The third kappa shape index (κ3) is 3.55. The number of rotatable bonds is 4. The summed E-state index contributed by atoms with van der Waals surface area (Å²) in [6, 6.07) is 12.6. The first-order chi connectivity index (χ1) is 9.56. The second-order valence-corrected chi connectivity index (χ2v) is 4.55. The Morgan fingerprint density at radius 2 is 1.70 bits per heavy atom. The van der Waals surface area contributed by atoms with Crippen LogP contribution in [0, 0.1) is 10.1 Å². The van der Waals surface area contributed by atoms with Crippen LogP contribution >= 0.6 is 11.6 Å². The highest BCUT2D eigenvalue weighted by molar-refractivity contribution is 6.30. The van der Waals surface area contributed by atoms with E-state index in [1.807, 2.05) is 0 Å². The maximum absolute atomic E-state index is 11.8. The predicted octanol–water partition coefficient (Wildman–Crippen LogP) is 3.18. The fourth-order valence-electron chi connectivity index (χ4n) is 1.62. The molecule has 2 aromatic rings. The highest BCUT2D eigenvalue weighted by Gasteiger charge is 2.07. The minimum Gasteiger partial charge on any atom is -0.348 e. The van der Waals surface area contributed by atoms with Crippen LogP contribution < -0.4 is 5.32 Å². The van der Waals surface area contributed by atoms with Crippen molar-refractivity contribution in [2.45, 2.75) is 6.54 Å². The molecule has 0 atom stereocenters. The minimum absolute atomic E-state index is 0.0257. The molecule has 0 unspecified atom stereocenters. The van der Waals surface area contributed by atoms with Gasteiger partial charge in [-0.25, -0.2) is 0 Å². The Balaban J connectivity index is 1.96. The number of carbonyl (C=O) groups excluding carboxylic acids is 1. The Bertz CT molecular complexity index is 624. The van der Waals surface area contributed by atoms with Crippen molar-refractivity contribution >= 4 is 23.2 Å². The van der Waals surface area contributed by atoms with Crippen molar-refractivity contribution in [1.82, 2.24) is 5.32 Å². The van der Waals surface area contributed by atoms with Gasteiger partial charge in [0, 0.05) is 29.3 Å². The summed E-state index contributed by atoms with van der Waals surface area (Å²) in [5.41, 5.74) is 1.33. The van der Waals surface area contributed by atoms with Crippen molar-refractivity contribution in [1.29, 1.82) is 0 Å². The largest absolute Gasteiger partial charge is 0.348 e. The lowest BCUT2D eigenvalue weighted by Crippen LogP contribution is -2.22. The summed E-state index contributed by atoms with van der Waals surface area (Å²) < 4.78 is 0. The van der Waals surface area contributed by atoms with Crippen LogP contribution in [0.1, 0.15) is 15.9 Å². The number of carbonyl (C=O) groups is 1. The van der Waals surface area contributed by atoms with Crippen LogP contribution in [0.4, 0.5) is 5.69 Å². The van der Waals surface area contributed by atoms with E-state index >= 15 is 0 Å². The van der Waals surface area contributed by atoms with Gasteiger partial charge in [-0.1, -0.05) is 23.7 Å². The van der Waals surface area contributed by atoms with Crippen LogP contribution in [-0.2, 0) is 6.54 Å². The summed E-state index contributed by atoms with van der Waals surface area (Å²) in [6.45, 7) is 0.305. The molecule has 0 saturated heterocycles. The van der Waals surface area contributed by atoms with Gasteiger partial charge in [0.25, 0.3) is 11.6 Å². The molecule has 0 aliphatic carbocycles. The van der Waals surface area contributed by atoms with Gasteiger partial charge < -0.3 is 5.32 Å². The lowest BCUT2D eigenvalue weighted by molar-refractivity contribution is -0.384. The number of nitrogens with zero attached hydrogens (tertiary/aromatic N) is 1. The Kier molecular flexibility index (Phi) is 4.32. The molecular formula is C14H11ClN2O3. The molecular weight excluding hydrogens is 280 g/mol. The number of amides is 1. The van der Waals surface area contributed by atoms with Gasteiger partial charge in [0.05, 0.1) is 4.92 Å². The maximum Gasteiger partial charge on any atom is 0.269 e. The summed E-state index contributed by atoms with van der Waals surface area (Å²) in [5, 5.41) is 13.8. The highest BCUT2D eigenvalue weighted by atomic mass is 35.5. The maximum atomic E-state index is 11.8. The van der Waals surface area contributed by atoms with Gasteiger partial charge in [-0.15, -0.1) is 0 Å². The Hall–Kier alpha value is -2.40. The minimum atomic E-state index is -0.462. The quantitative estimate of drug-likeness (QED) is 0.694. The van der Waals surface area contributed by atoms with E-state index in [0.717, 1.165) is 5.56 Å². The third-order valence-electron chi connectivity index (χ3n) is 2.71. The van der Waals surface area contributed by atoms with Crippen molar-refractivity contribution in [3.05, 3.63) is 74.8 Å². The number of halogens is 1. The van der Waals surface area contributed by atoms with Crippen LogP contribution in [0.2, 0.25) is 5.02 Å². The third-order valence-corrected chi connectivity index (χ3v) is 2.96. The Morgan fingerprint density at radius 1 is 1.10 bits per heavy atom. The highest BCUT2D eigenvalue weighted by Crippen LogP contribution is 2.12. The first kappa shape index (κ1) is 14.0. The van der Waals surface area contributed by atoms with Crippen molar-refractivity contribution < 1.29 is 9.72 Å². The zero-order chi connectivity index (χ0) is 14.5. The van der Waals surface area contributed by atoms with Crippen molar-refractivity contribution in [3.63, 3.8) is 0 Å². The number of nitro groups is 1. The molecule has 0 aliphatic heterocycles.